The first-order chi connectivity index (χ1) is 10.1. The highest BCUT2D eigenvalue weighted by Crippen LogP contribution is 2.36. The molecule has 0 saturated carbocycles. The van der Waals surface area contributed by atoms with E-state index < -0.39 is 0 Å². The van der Waals surface area contributed by atoms with Crippen molar-refractivity contribution in [3.05, 3.63) is 58.7 Å². The second kappa shape index (κ2) is 5.22. The van der Waals surface area contributed by atoms with Gasteiger partial charge in [0.1, 0.15) is 5.75 Å². The van der Waals surface area contributed by atoms with Crippen LogP contribution in [0.25, 0.3) is 0 Å². The number of hydrogen-bond acceptors (Lipinski definition) is 3. The zero-order valence-corrected chi connectivity index (χ0v) is 12.1. The number of ether oxygens (including phenoxy) is 1. The van der Waals surface area contributed by atoms with Crippen molar-refractivity contribution in [3.8, 4) is 5.75 Å². The van der Waals surface area contributed by atoms with E-state index in [4.69, 9.17) is 10.5 Å². The standard InChI is InChI=1S/C17H18N2O2/c1-10-7-11-9-15(20)19-17(11)13(8-10)16(18)12-5-3-4-6-14(12)21-2/h3-8,16H,9,18H2,1-2H3,(H,19,20). The Hall–Kier alpha value is -2.33. The van der Waals surface area contributed by atoms with E-state index in [0.29, 0.717) is 6.42 Å². The van der Waals surface area contributed by atoms with Gasteiger partial charge in [-0.15, -0.1) is 0 Å². The summed E-state index contributed by atoms with van der Waals surface area (Å²) in [6, 6.07) is 11.4. The zero-order chi connectivity index (χ0) is 15.0. The molecule has 1 heterocycles. The summed E-state index contributed by atoms with van der Waals surface area (Å²) in [5, 5.41) is 2.92. The highest BCUT2D eigenvalue weighted by molar-refractivity contribution is 6.00. The van der Waals surface area contributed by atoms with Crippen LogP contribution in [-0.4, -0.2) is 13.0 Å². The number of amides is 1. The summed E-state index contributed by atoms with van der Waals surface area (Å²) in [5.41, 5.74) is 11.3. The number of rotatable bonds is 3. The molecule has 3 rings (SSSR count). The van der Waals surface area contributed by atoms with Crippen molar-refractivity contribution in [1.82, 2.24) is 0 Å². The van der Waals surface area contributed by atoms with Crippen molar-refractivity contribution in [2.45, 2.75) is 19.4 Å². The van der Waals surface area contributed by atoms with Crippen LogP contribution in [0.3, 0.4) is 0 Å². The number of nitrogens with one attached hydrogen (secondary N) is 1. The maximum absolute atomic E-state index is 11.7. The number of carbonyl (C=O) groups excluding carboxylic acids is 1. The van der Waals surface area contributed by atoms with Gasteiger partial charge in [-0.25, -0.2) is 0 Å². The van der Waals surface area contributed by atoms with Gasteiger partial charge in [0, 0.05) is 11.3 Å². The lowest BCUT2D eigenvalue weighted by Crippen LogP contribution is -2.15. The van der Waals surface area contributed by atoms with Crippen molar-refractivity contribution in [1.29, 1.82) is 0 Å². The second-order valence-electron chi connectivity index (χ2n) is 5.33. The molecular weight excluding hydrogens is 264 g/mol. The van der Waals surface area contributed by atoms with Crippen molar-refractivity contribution in [3.63, 3.8) is 0 Å². The number of fused-ring (bicyclic) bond motifs is 1. The van der Waals surface area contributed by atoms with Crippen LogP contribution < -0.4 is 15.8 Å². The van der Waals surface area contributed by atoms with Crippen LogP contribution in [0.4, 0.5) is 5.69 Å². The Balaban J connectivity index is 2.11. The SMILES string of the molecule is COc1ccccc1C(N)c1cc(C)cc2c1NC(=O)C2. The van der Waals surface area contributed by atoms with E-state index in [1.165, 1.54) is 0 Å². The second-order valence-corrected chi connectivity index (χ2v) is 5.33. The first-order valence-electron chi connectivity index (χ1n) is 6.92. The molecule has 1 amide bonds. The molecule has 4 heteroatoms. The number of para-hydroxylation sites is 1. The van der Waals surface area contributed by atoms with Crippen LogP contribution in [-0.2, 0) is 11.2 Å². The smallest absolute Gasteiger partial charge is 0.228 e. The van der Waals surface area contributed by atoms with Crippen LogP contribution in [0.2, 0.25) is 0 Å². The summed E-state index contributed by atoms with van der Waals surface area (Å²) in [4.78, 5) is 11.7. The number of methoxy groups -OCH3 is 1. The molecule has 2 aromatic carbocycles. The van der Waals surface area contributed by atoms with Crippen LogP contribution in [0.5, 0.6) is 5.75 Å². The fraction of sp³-hybridized carbons (Fsp3) is 0.235. The third-order valence-electron chi connectivity index (χ3n) is 3.82. The van der Waals surface area contributed by atoms with Crippen molar-refractivity contribution in [2.75, 3.05) is 12.4 Å². The molecule has 4 nitrogen and oxygen atoms in total. The Bertz CT molecular complexity index is 710. The predicted octanol–water partition coefficient (Wildman–Crippen LogP) is 2.55. The lowest BCUT2D eigenvalue weighted by molar-refractivity contribution is -0.115. The first kappa shape index (κ1) is 13.6. The molecule has 1 atom stereocenters. The lowest BCUT2D eigenvalue weighted by atomic mass is 9.93. The Morgan fingerprint density at radius 3 is 2.76 bits per heavy atom. The third kappa shape index (κ3) is 2.38. The van der Waals surface area contributed by atoms with Gasteiger partial charge in [0.15, 0.2) is 0 Å². The van der Waals surface area contributed by atoms with E-state index in [9.17, 15) is 4.79 Å². The first-order valence-corrected chi connectivity index (χ1v) is 6.92. The van der Waals surface area contributed by atoms with Gasteiger partial charge in [-0.3, -0.25) is 4.79 Å². The minimum Gasteiger partial charge on any atom is -0.496 e. The fourth-order valence-electron chi connectivity index (χ4n) is 2.88. The van der Waals surface area contributed by atoms with Crippen molar-refractivity contribution >= 4 is 11.6 Å². The van der Waals surface area contributed by atoms with Gasteiger partial charge in [0.2, 0.25) is 5.91 Å². The summed E-state index contributed by atoms with van der Waals surface area (Å²) >= 11 is 0. The molecule has 0 bridgehead atoms. The Morgan fingerprint density at radius 1 is 1.24 bits per heavy atom. The molecule has 2 aromatic rings. The van der Waals surface area contributed by atoms with Crippen molar-refractivity contribution in [2.24, 2.45) is 5.73 Å². The van der Waals surface area contributed by atoms with E-state index in [0.717, 1.165) is 33.7 Å². The predicted molar refractivity (Wildman–Crippen MR) is 82.5 cm³/mol. The maximum Gasteiger partial charge on any atom is 0.228 e. The van der Waals surface area contributed by atoms with Crippen LogP contribution in [0, 0.1) is 6.92 Å². The highest BCUT2D eigenvalue weighted by Gasteiger charge is 2.25. The van der Waals surface area contributed by atoms with E-state index in [1.807, 2.05) is 43.3 Å². The molecule has 0 spiro atoms. The van der Waals surface area contributed by atoms with Gasteiger partial charge in [-0.1, -0.05) is 35.9 Å². The maximum atomic E-state index is 11.7. The molecule has 21 heavy (non-hydrogen) atoms. The largest absolute Gasteiger partial charge is 0.496 e. The van der Waals surface area contributed by atoms with E-state index >= 15 is 0 Å². The summed E-state index contributed by atoms with van der Waals surface area (Å²) < 4.78 is 5.39. The van der Waals surface area contributed by atoms with Gasteiger partial charge >= 0.3 is 0 Å². The normalized spacial score (nSPS) is 14.5. The molecule has 0 aliphatic carbocycles. The van der Waals surface area contributed by atoms with Gasteiger partial charge in [-0.2, -0.15) is 0 Å². The molecule has 0 fully saturated rings. The number of nitrogens with two attached hydrogens (primary N) is 1. The highest BCUT2D eigenvalue weighted by atomic mass is 16.5. The molecule has 0 radical (unpaired) electrons. The van der Waals surface area contributed by atoms with Crippen LogP contribution in [0.1, 0.15) is 28.3 Å². The lowest BCUT2D eigenvalue weighted by Gasteiger charge is -2.19. The van der Waals surface area contributed by atoms with Crippen LogP contribution >= 0.6 is 0 Å². The summed E-state index contributed by atoms with van der Waals surface area (Å²) in [6.07, 6.45) is 0.419. The number of anilines is 1. The number of carbonyl (C=O) groups is 1. The molecule has 3 N–H and O–H groups in total. The minimum absolute atomic E-state index is 0.0177. The summed E-state index contributed by atoms with van der Waals surface area (Å²) in [6.45, 7) is 2.02. The Morgan fingerprint density at radius 2 is 2.00 bits per heavy atom. The number of benzene rings is 2. The monoisotopic (exact) mass is 282 g/mol. The van der Waals surface area contributed by atoms with E-state index in [-0.39, 0.29) is 11.9 Å². The van der Waals surface area contributed by atoms with Gasteiger partial charge in [-0.05, 0) is 24.1 Å². The van der Waals surface area contributed by atoms with Gasteiger partial charge in [0.25, 0.3) is 0 Å². The molecule has 1 aliphatic rings. The molecule has 108 valence electrons. The van der Waals surface area contributed by atoms with E-state index in [2.05, 4.69) is 5.32 Å². The topological polar surface area (TPSA) is 64.3 Å². The molecule has 1 aliphatic heterocycles. The van der Waals surface area contributed by atoms with E-state index in [1.54, 1.807) is 7.11 Å². The third-order valence-corrected chi connectivity index (χ3v) is 3.82. The molecule has 1 unspecified atom stereocenters. The van der Waals surface area contributed by atoms with Crippen molar-refractivity contribution < 1.29 is 9.53 Å². The minimum atomic E-state index is -0.340. The molecular formula is C17H18N2O2. The number of hydrogen-bond donors (Lipinski definition) is 2. The van der Waals surface area contributed by atoms with Gasteiger partial charge in [0.05, 0.1) is 19.6 Å². The molecule has 0 aromatic heterocycles. The van der Waals surface area contributed by atoms with Gasteiger partial charge < -0.3 is 15.8 Å². The van der Waals surface area contributed by atoms with Crippen LogP contribution in [0.15, 0.2) is 36.4 Å². The summed E-state index contributed by atoms with van der Waals surface area (Å²) in [7, 11) is 1.63. The average molecular weight is 282 g/mol. The Labute approximate surface area is 123 Å². The zero-order valence-electron chi connectivity index (χ0n) is 12.1. The summed E-state index contributed by atoms with van der Waals surface area (Å²) in [5.74, 6) is 0.772. The average Bonchev–Trinajstić information content (AvgIpc) is 2.85. The Kier molecular flexibility index (Phi) is 3.39. The fourth-order valence-corrected chi connectivity index (χ4v) is 2.88. The number of aryl methyl sites for hydroxylation is 1. The molecule has 0 saturated heterocycles. The quantitative estimate of drug-likeness (QED) is 0.909.